The number of anilines is 2. The van der Waals surface area contributed by atoms with Gasteiger partial charge in [0, 0.05) is 24.0 Å². The SMILES string of the molecule is CCOc1cccc(NCC(=O)Nc2ccc(OCC3CCCO3)cc2)c1. The minimum Gasteiger partial charge on any atom is -0.494 e. The van der Waals surface area contributed by atoms with Crippen LogP contribution >= 0.6 is 0 Å². The van der Waals surface area contributed by atoms with Crippen LogP contribution in [0.15, 0.2) is 48.5 Å². The summed E-state index contributed by atoms with van der Waals surface area (Å²) in [5.41, 5.74) is 1.57. The summed E-state index contributed by atoms with van der Waals surface area (Å²) in [6, 6.07) is 14.9. The Bertz CT molecular complexity index is 727. The lowest BCUT2D eigenvalue weighted by Gasteiger charge is -2.12. The van der Waals surface area contributed by atoms with Gasteiger partial charge >= 0.3 is 0 Å². The molecule has 1 aliphatic rings. The first-order valence-corrected chi connectivity index (χ1v) is 9.34. The lowest BCUT2D eigenvalue weighted by atomic mass is 10.2. The Balaban J connectivity index is 1.42. The average Bonchev–Trinajstić information content (AvgIpc) is 3.20. The molecule has 6 heteroatoms. The first-order valence-electron chi connectivity index (χ1n) is 9.34. The summed E-state index contributed by atoms with van der Waals surface area (Å²) in [6.07, 6.45) is 2.34. The molecule has 0 bridgehead atoms. The van der Waals surface area contributed by atoms with Gasteiger partial charge in [-0.25, -0.2) is 0 Å². The van der Waals surface area contributed by atoms with Crippen molar-refractivity contribution >= 4 is 17.3 Å². The van der Waals surface area contributed by atoms with Gasteiger partial charge in [-0.15, -0.1) is 0 Å². The van der Waals surface area contributed by atoms with Crippen LogP contribution in [0.5, 0.6) is 11.5 Å². The molecule has 1 atom stereocenters. The summed E-state index contributed by atoms with van der Waals surface area (Å²) in [7, 11) is 0. The molecular weight excluding hydrogens is 344 g/mol. The molecule has 0 aliphatic carbocycles. The quantitative estimate of drug-likeness (QED) is 0.704. The van der Waals surface area contributed by atoms with Gasteiger partial charge in [0.2, 0.25) is 5.91 Å². The van der Waals surface area contributed by atoms with Gasteiger partial charge in [-0.05, 0) is 56.2 Å². The predicted molar refractivity (Wildman–Crippen MR) is 106 cm³/mol. The second-order valence-corrected chi connectivity index (χ2v) is 6.33. The minimum absolute atomic E-state index is 0.121. The van der Waals surface area contributed by atoms with Crippen LogP contribution in [0.25, 0.3) is 0 Å². The van der Waals surface area contributed by atoms with Crippen molar-refractivity contribution in [2.75, 3.05) is 37.0 Å². The Labute approximate surface area is 159 Å². The summed E-state index contributed by atoms with van der Waals surface area (Å²) in [4.78, 5) is 12.1. The number of nitrogens with one attached hydrogen (secondary N) is 2. The number of carbonyl (C=O) groups excluding carboxylic acids is 1. The molecule has 1 fully saturated rings. The van der Waals surface area contributed by atoms with Crippen LogP contribution in [-0.4, -0.2) is 38.4 Å². The molecule has 1 aliphatic heterocycles. The Kier molecular flexibility index (Phi) is 6.93. The van der Waals surface area contributed by atoms with Crippen LogP contribution in [0.1, 0.15) is 19.8 Å². The highest BCUT2D eigenvalue weighted by molar-refractivity contribution is 5.93. The molecule has 0 aromatic heterocycles. The van der Waals surface area contributed by atoms with Crippen LogP contribution in [0, 0.1) is 0 Å². The van der Waals surface area contributed by atoms with Crippen LogP contribution in [0.3, 0.4) is 0 Å². The standard InChI is InChI=1S/C21H26N2O4/c1-2-25-19-6-3-5-17(13-19)22-14-21(24)23-16-8-10-18(11-9-16)27-15-20-7-4-12-26-20/h3,5-6,8-11,13,20,22H,2,4,7,12,14-15H2,1H3,(H,23,24). The monoisotopic (exact) mass is 370 g/mol. The molecule has 0 saturated carbocycles. The molecule has 0 spiro atoms. The van der Waals surface area contributed by atoms with E-state index in [1.54, 1.807) is 0 Å². The Morgan fingerprint density at radius 3 is 2.70 bits per heavy atom. The molecule has 1 unspecified atom stereocenters. The van der Waals surface area contributed by atoms with E-state index in [0.29, 0.717) is 13.2 Å². The second kappa shape index (κ2) is 9.83. The van der Waals surface area contributed by atoms with E-state index in [2.05, 4.69) is 10.6 Å². The summed E-state index contributed by atoms with van der Waals surface area (Å²) >= 11 is 0. The van der Waals surface area contributed by atoms with Gasteiger partial charge in [0.15, 0.2) is 0 Å². The van der Waals surface area contributed by atoms with E-state index < -0.39 is 0 Å². The highest BCUT2D eigenvalue weighted by Crippen LogP contribution is 2.19. The fraction of sp³-hybridized carbons (Fsp3) is 0.381. The molecule has 27 heavy (non-hydrogen) atoms. The van der Waals surface area contributed by atoms with Crippen LogP contribution < -0.4 is 20.1 Å². The molecule has 0 radical (unpaired) electrons. The normalized spacial score (nSPS) is 16.0. The predicted octanol–water partition coefficient (Wildman–Crippen LogP) is 3.69. The van der Waals surface area contributed by atoms with Crippen molar-refractivity contribution < 1.29 is 19.0 Å². The topological polar surface area (TPSA) is 68.8 Å². The first kappa shape index (κ1) is 19.0. The number of carbonyl (C=O) groups is 1. The third-order valence-electron chi connectivity index (χ3n) is 4.20. The van der Waals surface area contributed by atoms with E-state index in [1.165, 1.54) is 0 Å². The van der Waals surface area contributed by atoms with E-state index >= 15 is 0 Å². The van der Waals surface area contributed by atoms with Crippen LogP contribution in [0.2, 0.25) is 0 Å². The zero-order valence-corrected chi connectivity index (χ0v) is 15.6. The number of amides is 1. The maximum absolute atomic E-state index is 12.1. The van der Waals surface area contributed by atoms with Gasteiger partial charge in [-0.1, -0.05) is 6.07 Å². The lowest BCUT2D eigenvalue weighted by Crippen LogP contribution is -2.21. The van der Waals surface area contributed by atoms with Gasteiger partial charge in [-0.2, -0.15) is 0 Å². The molecular formula is C21H26N2O4. The van der Waals surface area contributed by atoms with Crippen molar-refractivity contribution in [3.05, 3.63) is 48.5 Å². The Morgan fingerprint density at radius 2 is 1.96 bits per heavy atom. The van der Waals surface area contributed by atoms with E-state index in [9.17, 15) is 4.79 Å². The van der Waals surface area contributed by atoms with Crippen LogP contribution in [0.4, 0.5) is 11.4 Å². The maximum atomic E-state index is 12.1. The third kappa shape index (κ3) is 6.18. The molecule has 1 amide bonds. The Morgan fingerprint density at radius 1 is 1.11 bits per heavy atom. The summed E-state index contributed by atoms with van der Waals surface area (Å²) in [5.74, 6) is 1.43. The number of rotatable bonds is 9. The smallest absolute Gasteiger partial charge is 0.243 e. The van der Waals surface area contributed by atoms with E-state index in [4.69, 9.17) is 14.2 Å². The first-order chi connectivity index (χ1) is 13.2. The molecule has 1 heterocycles. The Hall–Kier alpha value is -2.73. The summed E-state index contributed by atoms with van der Waals surface area (Å²) in [5, 5.41) is 5.96. The number of benzene rings is 2. The number of hydrogen-bond donors (Lipinski definition) is 2. The van der Waals surface area contributed by atoms with E-state index in [0.717, 1.165) is 42.3 Å². The minimum atomic E-state index is -0.121. The van der Waals surface area contributed by atoms with Gasteiger partial charge < -0.3 is 24.8 Å². The van der Waals surface area contributed by atoms with Gasteiger partial charge in [0.05, 0.1) is 19.3 Å². The van der Waals surface area contributed by atoms with Gasteiger partial charge in [-0.3, -0.25) is 4.79 Å². The highest BCUT2D eigenvalue weighted by Gasteiger charge is 2.15. The fourth-order valence-electron chi connectivity index (χ4n) is 2.85. The molecule has 3 rings (SSSR count). The second-order valence-electron chi connectivity index (χ2n) is 6.33. The average molecular weight is 370 g/mol. The van der Waals surface area contributed by atoms with E-state index in [-0.39, 0.29) is 18.6 Å². The summed E-state index contributed by atoms with van der Waals surface area (Å²) in [6.45, 7) is 4.11. The van der Waals surface area contributed by atoms with Crippen molar-refractivity contribution in [3.8, 4) is 11.5 Å². The van der Waals surface area contributed by atoms with Crippen LogP contribution in [-0.2, 0) is 9.53 Å². The molecule has 1 saturated heterocycles. The van der Waals surface area contributed by atoms with Gasteiger partial charge in [0.1, 0.15) is 18.1 Å². The van der Waals surface area contributed by atoms with Crippen molar-refractivity contribution in [3.63, 3.8) is 0 Å². The maximum Gasteiger partial charge on any atom is 0.243 e. The number of hydrogen-bond acceptors (Lipinski definition) is 5. The fourth-order valence-corrected chi connectivity index (χ4v) is 2.85. The molecule has 6 nitrogen and oxygen atoms in total. The van der Waals surface area contributed by atoms with Crippen molar-refractivity contribution in [1.29, 1.82) is 0 Å². The lowest BCUT2D eigenvalue weighted by molar-refractivity contribution is -0.114. The molecule has 2 aromatic rings. The zero-order chi connectivity index (χ0) is 18.9. The molecule has 2 N–H and O–H groups in total. The zero-order valence-electron chi connectivity index (χ0n) is 15.6. The van der Waals surface area contributed by atoms with Crippen molar-refractivity contribution in [2.24, 2.45) is 0 Å². The highest BCUT2D eigenvalue weighted by atomic mass is 16.5. The molecule has 144 valence electrons. The largest absolute Gasteiger partial charge is 0.494 e. The number of ether oxygens (including phenoxy) is 3. The third-order valence-corrected chi connectivity index (χ3v) is 4.20. The van der Waals surface area contributed by atoms with Crippen molar-refractivity contribution in [1.82, 2.24) is 0 Å². The van der Waals surface area contributed by atoms with Crippen molar-refractivity contribution in [2.45, 2.75) is 25.9 Å². The van der Waals surface area contributed by atoms with E-state index in [1.807, 2.05) is 55.5 Å². The molecule has 2 aromatic carbocycles. The van der Waals surface area contributed by atoms with Gasteiger partial charge in [0.25, 0.3) is 0 Å². The summed E-state index contributed by atoms with van der Waals surface area (Å²) < 4.78 is 16.7.